The Bertz CT molecular complexity index is 1060. The number of fused-ring (bicyclic) bond motifs is 1. The number of nitrogens with zero attached hydrogens (tertiary/aromatic N) is 5. The fraction of sp³-hybridized carbons (Fsp3) is 0.417. The van der Waals surface area contributed by atoms with Crippen molar-refractivity contribution in [3.63, 3.8) is 0 Å². The van der Waals surface area contributed by atoms with E-state index in [9.17, 15) is 0 Å². The fourth-order valence-electron chi connectivity index (χ4n) is 4.53. The van der Waals surface area contributed by atoms with E-state index in [1.807, 2.05) is 18.2 Å². The monoisotopic (exact) mass is 455 g/mol. The molecule has 0 bridgehead atoms. The van der Waals surface area contributed by atoms with Gasteiger partial charge in [-0.25, -0.2) is 4.98 Å². The molecule has 3 aromatic rings. The molecule has 0 atom stereocenters. The second-order valence-electron chi connectivity index (χ2n) is 8.41. The number of halogens is 2. The van der Waals surface area contributed by atoms with E-state index < -0.39 is 0 Å². The van der Waals surface area contributed by atoms with E-state index in [-0.39, 0.29) is 0 Å². The van der Waals surface area contributed by atoms with Crippen molar-refractivity contribution >= 4 is 45.9 Å². The third-order valence-corrected chi connectivity index (χ3v) is 6.88. The van der Waals surface area contributed by atoms with Crippen molar-refractivity contribution in [1.29, 1.82) is 0 Å². The minimum atomic E-state index is 0.677. The molecule has 0 spiro atoms. The van der Waals surface area contributed by atoms with E-state index in [2.05, 4.69) is 39.0 Å². The SMILES string of the molecule is Clc1ccc(CN2CCN(c3nc(N4CCCCC4)c4ccccc4n3)CC2)c(Cl)c1. The number of rotatable bonds is 4. The van der Waals surface area contributed by atoms with Crippen LogP contribution >= 0.6 is 23.2 Å². The number of piperidine rings is 1. The first kappa shape index (κ1) is 20.8. The average Bonchev–Trinajstić information content (AvgIpc) is 2.81. The predicted molar refractivity (Wildman–Crippen MR) is 130 cm³/mol. The number of piperazine rings is 1. The van der Waals surface area contributed by atoms with Crippen LogP contribution in [-0.2, 0) is 6.54 Å². The van der Waals surface area contributed by atoms with Gasteiger partial charge in [0.05, 0.1) is 5.52 Å². The maximum atomic E-state index is 6.37. The van der Waals surface area contributed by atoms with Crippen LogP contribution in [0.3, 0.4) is 0 Å². The van der Waals surface area contributed by atoms with E-state index in [4.69, 9.17) is 33.2 Å². The molecule has 0 unspecified atom stereocenters. The lowest BCUT2D eigenvalue weighted by atomic mass is 10.1. The molecule has 2 aliphatic heterocycles. The molecule has 162 valence electrons. The Hall–Kier alpha value is -2.08. The molecule has 3 heterocycles. The molecular weight excluding hydrogens is 429 g/mol. The lowest BCUT2D eigenvalue weighted by Gasteiger charge is -2.36. The Kier molecular flexibility index (Phi) is 6.17. The first-order chi connectivity index (χ1) is 15.2. The number of benzene rings is 2. The highest BCUT2D eigenvalue weighted by Crippen LogP contribution is 2.29. The molecule has 31 heavy (non-hydrogen) atoms. The standard InChI is InChI=1S/C24H27Cl2N5/c25-19-9-8-18(21(26)16-19)17-29-12-14-31(15-13-29)24-27-22-7-3-2-6-20(22)23(28-24)30-10-4-1-5-11-30/h2-3,6-9,16H,1,4-5,10-15,17H2. The molecule has 0 amide bonds. The Morgan fingerprint density at radius 2 is 1.55 bits per heavy atom. The smallest absolute Gasteiger partial charge is 0.227 e. The predicted octanol–water partition coefficient (Wildman–Crippen LogP) is 5.25. The summed E-state index contributed by atoms with van der Waals surface area (Å²) in [5.41, 5.74) is 2.15. The molecule has 1 aromatic heterocycles. The highest BCUT2D eigenvalue weighted by atomic mass is 35.5. The van der Waals surface area contributed by atoms with Crippen LogP contribution in [0.5, 0.6) is 0 Å². The largest absolute Gasteiger partial charge is 0.356 e. The van der Waals surface area contributed by atoms with Crippen molar-refractivity contribution in [2.24, 2.45) is 0 Å². The van der Waals surface area contributed by atoms with Gasteiger partial charge in [0.2, 0.25) is 5.95 Å². The lowest BCUT2D eigenvalue weighted by molar-refractivity contribution is 0.249. The summed E-state index contributed by atoms with van der Waals surface area (Å²) >= 11 is 12.4. The number of para-hydroxylation sites is 1. The molecule has 2 saturated heterocycles. The van der Waals surface area contributed by atoms with Gasteiger partial charge in [0.15, 0.2) is 0 Å². The van der Waals surface area contributed by atoms with Gasteiger partial charge in [0.25, 0.3) is 0 Å². The minimum absolute atomic E-state index is 0.677. The maximum absolute atomic E-state index is 6.37. The first-order valence-corrected chi connectivity index (χ1v) is 11.9. The van der Waals surface area contributed by atoms with E-state index in [0.29, 0.717) is 5.02 Å². The van der Waals surface area contributed by atoms with Crippen LogP contribution in [0, 0.1) is 0 Å². The van der Waals surface area contributed by atoms with Gasteiger partial charge in [-0.15, -0.1) is 0 Å². The first-order valence-electron chi connectivity index (χ1n) is 11.1. The molecule has 2 fully saturated rings. The summed E-state index contributed by atoms with van der Waals surface area (Å²) in [4.78, 5) is 17.2. The average molecular weight is 456 g/mol. The van der Waals surface area contributed by atoms with Crippen molar-refractivity contribution in [1.82, 2.24) is 14.9 Å². The summed E-state index contributed by atoms with van der Waals surface area (Å²) in [5, 5.41) is 2.57. The van der Waals surface area contributed by atoms with Crippen molar-refractivity contribution in [2.75, 3.05) is 49.1 Å². The van der Waals surface area contributed by atoms with Crippen LogP contribution in [0.1, 0.15) is 24.8 Å². The molecule has 0 aliphatic carbocycles. The second kappa shape index (κ2) is 9.19. The lowest BCUT2D eigenvalue weighted by Crippen LogP contribution is -2.46. The van der Waals surface area contributed by atoms with E-state index in [1.165, 1.54) is 19.3 Å². The molecule has 5 nitrogen and oxygen atoms in total. The van der Waals surface area contributed by atoms with Crippen LogP contribution in [0.2, 0.25) is 10.0 Å². The zero-order chi connectivity index (χ0) is 21.2. The third-order valence-electron chi connectivity index (χ3n) is 6.29. The van der Waals surface area contributed by atoms with Crippen LogP contribution in [0.25, 0.3) is 10.9 Å². The minimum Gasteiger partial charge on any atom is -0.356 e. The summed E-state index contributed by atoms with van der Waals surface area (Å²) in [6.07, 6.45) is 3.78. The molecule has 2 aliphatic rings. The third kappa shape index (κ3) is 4.59. The summed E-state index contributed by atoms with van der Waals surface area (Å²) in [5.74, 6) is 1.94. The summed E-state index contributed by atoms with van der Waals surface area (Å²) in [6.45, 7) is 6.71. The number of hydrogen-bond donors (Lipinski definition) is 0. The van der Waals surface area contributed by atoms with Gasteiger partial charge in [-0.1, -0.05) is 41.4 Å². The van der Waals surface area contributed by atoms with Crippen LogP contribution in [0.4, 0.5) is 11.8 Å². The van der Waals surface area contributed by atoms with Crippen LogP contribution in [-0.4, -0.2) is 54.1 Å². The second-order valence-corrected chi connectivity index (χ2v) is 9.25. The Morgan fingerprint density at radius 1 is 0.774 bits per heavy atom. The summed E-state index contributed by atoms with van der Waals surface area (Å²) in [7, 11) is 0. The molecule has 2 aromatic carbocycles. The summed E-state index contributed by atoms with van der Waals surface area (Å²) in [6, 6.07) is 14.1. The number of aromatic nitrogens is 2. The molecule has 0 saturated carbocycles. The van der Waals surface area contributed by atoms with Crippen molar-refractivity contribution < 1.29 is 0 Å². The zero-order valence-electron chi connectivity index (χ0n) is 17.6. The fourth-order valence-corrected chi connectivity index (χ4v) is 5.00. The van der Waals surface area contributed by atoms with Gasteiger partial charge in [-0.3, -0.25) is 4.90 Å². The van der Waals surface area contributed by atoms with Gasteiger partial charge in [-0.2, -0.15) is 4.98 Å². The van der Waals surface area contributed by atoms with Gasteiger partial charge < -0.3 is 9.80 Å². The highest BCUT2D eigenvalue weighted by Gasteiger charge is 2.23. The Morgan fingerprint density at radius 3 is 2.32 bits per heavy atom. The molecule has 7 heteroatoms. The van der Waals surface area contributed by atoms with Crippen molar-refractivity contribution in [2.45, 2.75) is 25.8 Å². The van der Waals surface area contributed by atoms with Gasteiger partial charge in [-0.05, 0) is 49.1 Å². The van der Waals surface area contributed by atoms with Crippen molar-refractivity contribution in [3.05, 3.63) is 58.1 Å². The molecule has 5 rings (SSSR count). The van der Waals surface area contributed by atoms with E-state index >= 15 is 0 Å². The molecule has 0 N–H and O–H groups in total. The Labute approximate surface area is 193 Å². The van der Waals surface area contributed by atoms with Gasteiger partial charge in [0, 0.05) is 61.2 Å². The maximum Gasteiger partial charge on any atom is 0.227 e. The Balaban J connectivity index is 1.33. The highest BCUT2D eigenvalue weighted by molar-refractivity contribution is 6.35. The molecule has 0 radical (unpaired) electrons. The normalized spacial score (nSPS) is 18.0. The van der Waals surface area contributed by atoms with E-state index in [1.54, 1.807) is 0 Å². The number of hydrogen-bond acceptors (Lipinski definition) is 5. The topological polar surface area (TPSA) is 35.5 Å². The summed E-state index contributed by atoms with van der Waals surface area (Å²) < 4.78 is 0. The molecular formula is C24H27Cl2N5. The quantitative estimate of drug-likeness (QED) is 0.536. The van der Waals surface area contributed by atoms with Crippen LogP contribution in [0.15, 0.2) is 42.5 Å². The van der Waals surface area contributed by atoms with Gasteiger partial charge >= 0.3 is 0 Å². The van der Waals surface area contributed by atoms with Crippen molar-refractivity contribution in [3.8, 4) is 0 Å². The number of anilines is 2. The zero-order valence-corrected chi connectivity index (χ0v) is 19.1. The van der Waals surface area contributed by atoms with Crippen LogP contribution < -0.4 is 9.80 Å². The van der Waals surface area contributed by atoms with E-state index in [0.717, 1.165) is 79.1 Å². The van der Waals surface area contributed by atoms with Gasteiger partial charge in [0.1, 0.15) is 5.82 Å².